The van der Waals surface area contributed by atoms with E-state index in [2.05, 4.69) is 24.3 Å². The van der Waals surface area contributed by atoms with Crippen molar-refractivity contribution in [3.05, 3.63) is 99.8 Å². The highest BCUT2D eigenvalue weighted by atomic mass is 35.5. The van der Waals surface area contributed by atoms with Crippen LogP contribution in [-0.2, 0) is 6.42 Å². The summed E-state index contributed by atoms with van der Waals surface area (Å²) >= 11 is 7.99. The Bertz CT molecular complexity index is 1160. The van der Waals surface area contributed by atoms with Gasteiger partial charge in [0.25, 0.3) is 5.56 Å². The summed E-state index contributed by atoms with van der Waals surface area (Å²) in [6.45, 7) is 0. The van der Waals surface area contributed by atoms with Gasteiger partial charge in [-0.15, -0.1) is 0 Å². The lowest BCUT2D eigenvalue weighted by molar-refractivity contribution is 0.816. The molecule has 1 heterocycles. The molecule has 4 rings (SSSR count). The Labute approximate surface area is 173 Å². The van der Waals surface area contributed by atoms with Crippen LogP contribution in [0.2, 0.25) is 5.02 Å². The molecule has 0 spiro atoms. The Morgan fingerprint density at radius 1 is 0.893 bits per heavy atom. The smallest absolute Gasteiger partial charge is 0.266 e. The van der Waals surface area contributed by atoms with Gasteiger partial charge in [0.15, 0.2) is 5.16 Å². The minimum atomic E-state index is -0.0933. The second-order valence-electron chi connectivity index (χ2n) is 6.44. The molecule has 28 heavy (non-hydrogen) atoms. The van der Waals surface area contributed by atoms with Crippen LogP contribution in [0.1, 0.15) is 12.0 Å². The van der Waals surface area contributed by atoms with Crippen LogP contribution in [0.4, 0.5) is 0 Å². The average Bonchev–Trinajstić information content (AvgIpc) is 2.73. The lowest BCUT2D eigenvalue weighted by atomic mass is 10.1. The third-order valence-electron chi connectivity index (χ3n) is 4.52. The van der Waals surface area contributed by atoms with Crippen LogP contribution in [-0.4, -0.2) is 15.3 Å². The molecule has 0 N–H and O–H groups in total. The van der Waals surface area contributed by atoms with Crippen molar-refractivity contribution in [1.82, 2.24) is 9.55 Å². The van der Waals surface area contributed by atoms with E-state index in [0.717, 1.165) is 18.6 Å². The molecule has 1 aromatic heterocycles. The molecule has 0 aliphatic rings. The zero-order valence-corrected chi connectivity index (χ0v) is 16.8. The summed E-state index contributed by atoms with van der Waals surface area (Å²) in [6.07, 6.45) is 2.00. The van der Waals surface area contributed by atoms with E-state index in [4.69, 9.17) is 16.6 Å². The van der Waals surface area contributed by atoms with Crippen molar-refractivity contribution in [3.8, 4) is 5.69 Å². The molecule has 3 nitrogen and oxygen atoms in total. The van der Waals surface area contributed by atoms with Crippen LogP contribution in [0.15, 0.2) is 88.8 Å². The van der Waals surface area contributed by atoms with Gasteiger partial charge in [-0.05, 0) is 42.7 Å². The Kier molecular flexibility index (Phi) is 5.79. The van der Waals surface area contributed by atoms with E-state index in [1.54, 1.807) is 22.4 Å². The van der Waals surface area contributed by atoms with E-state index in [-0.39, 0.29) is 5.56 Å². The molecule has 0 unspecified atom stereocenters. The molecular weight excluding hydrogens is 388 g/mol. The van der Waals surface area contributed by atoms with E-state index in [9.17, 15) is 4.79 Å². The van der Waals surface area contributed by atoms with E-state index >= 15 is 0 Å². The molecule has 3 aromatic carbocycles. The van der Waals surface area contributed by atoms with Crippen molar-refractivity contribution in [1.29, 1.82) is 0 Å². The summed E-state index contributed by atoms with van der Waals surface area (Å²) in [5.41, 5.74) is 2.60. The molecular formula is C23H19ClN2OS. The van der Waals surface area contributed by atoms with Gasteiger partial charge in [0.1, 0.15) is 0 Å². The standard InChI is InChI=1S/C23H19ClN2OS/c24-19-13-5-7-15-21(19)26-22(27)18-12-4-6-14-20(18)25-23(26)28-16-8-11-17-9-2-1-3-10-17/h1-7,9-10,12-15H,8,11,16H2. The van der Waals surface area contributed by atoms with Crippen LogP contribution in [0.3, 0.4) is 0 Å². The van der Waals surface area contributed by atoms with E-state index < -0.39 is 0 Å². The minimum Gasteiger partial charge on any atom is -0.268 e. The number of aryl methyl sites for hydroxylation is 1. The largest absolute Gasteiger partial charge is 0.268 e. The molecule has 4 aromatic rings. The normalized spacial score (nSPS) is 11.0. The van der Waals surface area contributed by atoms with Gasteiger partial charge in [-0.3, -0.25) is 9.36 Å². The molecule has 0 radical (unpaired) electrons. The summed E-state index contributed by atoms with van der Waals surface area (Å²) in [5.74, 6) is 0.865. The number of benzene rings is 3. The molecule has 140 valence electrons. The second-order valence-corrected chi connectivity index (χ2v) is 7.91. The highest BCUT2D eigenvalue weighted by molar-refractivity contribution is 7.99. The summed E-state index contributed by atoms with van der Waals surface area (Å²) in [6, 6.07) is 25.2. The molecule has 0 fully saturated rings. The number of aromatic nitrogens is 2. The quantitative estimate of drug-likeness (QED) is 0.232. The number of rotatable bonds is 6. The van der Waals surface area contributed by atoms with Crippen molar-refractivity contribution in [3.63, 3.8) is 0 Å². The summed E-state index contributed by atoms with van der Waals surface area (Å²) in [4.78, 5) is 18.0. The Morgan fingerprint density at radius 2 is 1.61 bits per heavy atom. The second kappa shape index (κ2) is 8.63. The number of fused-ring (bicyclic) bond motifs is 1. The van der Waals surface area contributed by atoms with Gasteiger partial charge in [-0.2, -0.15) is 0 Å². The predicted molar refractivity (Wildman–Crippen MR) is 118 cm³/mol. The van der Waals surface area contributed by atoms with E-state index in [0.29, 0.717) is 26.8 Å². The number of thioether (sulfide) groups is 1. The molecule has 0 saturated carbocycles. The van der Waals surface area contributed by atoms with Crippen molar-refractivity contribution in [2.45, 2.75) is 18.0 Å². The zero-order valence-electron chi connectivity index (χ0n) is 15.2. The van der Waals surface area contributed by atoms with Crippen molar-refractivity contribution in [2.75, 3.05) is 5.75 Å². The minimum absolute atomic E-state index is 0.0933. The maximum Gasteiger partial charge on any atom is 0.266 e. The van der Waals surface area contributed by atoms with E-state index in [1.165, 1.54) is 5.56 Å². The monoisotopic (exact) mass is 406 g/mol. The lowest BCUT2D eigenvalue weighted by Crippen LogP contribution is -2.22. The predicted octanol–water partition coefficient (Wildman–Crippen LogP) is 5.76. The topological polar surface area (TPSA) is 34.9 Å². The van der Waals surface area contributed by atoms with Gasteiger partial charge in [-0.1, -0.05) is 78.0 Å². The van der Waals surface area contributed by atoms with Gasteiger partial charge in [0.2, 0.25) is 0 Å². The van der Waals surface area contributed by atoms with Crippen LogP contribution in [0, 0.1) is 0 Å². The SMILES string of the molecule is O=c1c2ccccc2nc(SCCCc2ccccc2)n1-c1ccccc1Cl. The Balaban J connectivity index is 1.67. The first kappa shape index (κ1) is 18.8. The summed E-state index contributed by atoms with van der Waals surface area (Å²) in [5, 5.41) is 1.80. The maximum absolute atomic E-state index is 13.2. The fourth-order valence-electron chi connectivity index (χ4n) is 3.14. The highest BCUT2D eigenvalue weighted by Crippen LogP contribution is 2.26. The van der Waals surface area contributed by atoms with Crippen molar-refractivity contribution < 1.29 is 0 Å². The molecule has 0 saturated heterocycles. The molecule has 5 heteroatoms. The van der Waals surface area contributed by atoms with Crippen LogP contribution >= 0.6 is 23.4 Å². The first-order valence-corrected chi connectivity index (χ1v) is 10.5. The molecule has 0 amide bonds. The first-order chi connectivity index (χ1) is 13.7. The fraction of sp³-hybridized carbons (Fsp3) is 0.130. The Morgan fingerprint density at radius 3 is 2.43 bits per heavy atom. The van der Waals surface area contributed by atoms with Crippen LogP contribution < -0.4 is 5.56 Å². The van der Waals surface area contributed by atoms with Crippen molar-refractivity contribution >= 4 is 34.3 Å². The van der Waals surface area contributed by atoms with Crippen LogP contribution in [0.5, 0.6) is 0 Å². The maximum atomic E-state index is 13.2. The highest BCUT2D eigenvalue weighted by Gasteiger charge is 2.15. The third-order valence-corrected chi connectivity index (χ3v) is 5.87. The fourth-order valence-corrected chi connectivity index (χ4v) is 4.30. The molecule has 0 aliphatic carbocycles. The number of nitrogens with zero attached hydrogens (tertiary/aromatic N) is 2. The van der Waals surface area contributed by atoms with Crippen molar-refractivity contribution in [2.24, 2.45) is 0 Å². The summed E-state index contributed by atoms with van der Waals surface area (Å²) < 4.78 is 1.64. The number of hydrogen-bond acceptors (Lipinski definition) is 3. The van der Waals surface area contributed by atoms with Gasteiger partial charge in [-0.25, -0.2) is 4.98 Å². The van der Waals surface area contributed by atoms with Gasteiger partial charge >= 0.3 is 0 Å². The van der Waals surface area contributed by atoms with Gasteiger partial charge in [0, 0.05) is 5.75 Å². The third kappa shape index (κ3) is 3.98. The zero-order chi connectivity index (χ0) is 19.3. The molecule has 0 atom stereocenters. The average molecular weight is 407 g/mol. The van der Waals surface area contributed by atoms with Crippen LogP contribution in [0.25, 0.3) is 16.6 Å². The lowest BCUT2D eigenvalue weighted by Gasteiger charge is -2.14. The molecule has 0 bridgehead atoms. The number of hydrogen-bond donors (Lipinski definition) is 0. The van der Waals surface area contributed by atoms with Gasteiger partial charge < -0.3 is 0 Å². The first-order valence-electron chi connectivity index (χ1n) is 9.17. The number of para-hydroxylation sites is 2. The van der Waals surface area contributed by atoms with E-state index in [1.807, 2.05) is 48.5 Å². The van der Waals surface area contributed by atoms with Gasteiger partial charge in [0.05, 0.1) is 21.6 Å². The Hall–Kier alpha value is -2.56. The molecule has 0 aliphatic heterocycles. The summed E-state index contributed by atoms with van der Waals surface area (Å²) in [7, 11) is 0. The number of halogens is 1.